The van der Waals surface area contributed by atoms with E-state index in [9.17, 15) is 14.9 Å². The smallest absolute Gasteiger partial charge is 0.271 e. The molecule has 0 saturated carbocycles. The van der Waals surface area contributed by atoms with Gasteiger partial charge in [-0.1, -0.05) is 47.5 Å². The standard InChI is InChI=1S/C23H18Cl2N6O3S/c24-15-7-6-14(18(25)11-15)10-21-27-19-9-8-17(31(33)34)12-20(19)30(21)13-22(32)28-29-23(35)26-16-4-2-1-3-5-16/h1-9,11-12H,10,13H2,(H,28,32)(H2,26,29,35). The molecule has 0 fully saturated rings. The first-order chi connectivity index (χ1) is 16.8. The van der Waals surface area contributed by atoms with Crippen LogP contribution in [-0.4, -0.2) is 25.5 Å². The number of nitro benzene ring substituents is 1. The Morgan fingerprint density at radius 1 is 1.06 bits per heavy atom. The van der Waals surface area contributed by atoms with Gasteiger partial charge in [-0.05, 0) is 48.1 Å². The van der Waals surface area contributed by atoms with Gasteiger partial charge in [0.1, 0.15) is 12.4 Å². The zero-order valence-electron chi connectivity index (χ0n) is 18.0. The van der Waals surface area contributed by atoms with Gasteiger partial charge in [-0.2, -0.15) is 0 Å². The molecule has 0 saturated heterocycles. The number of hydrogen-bond donors (Lipinski definition) is 3. The largest absolute Gasteiger partial charge is 0.331 e. The Balaban J connectivity index is 1.56. The summed E-state index contributed by atoms with van der Waals surface area (Å²) in [6.07, 6.45) is 0.285. The molecule has 1 amide bonds. The van der Waals surface area contributed by atoms with Crippen molar-refractivity contribution in [1.82, 2.24) is 20.4 Å². The number of hydrazine groups is 1. The van der Waals surface area contributed by atoms with E-state index < -0.39 is 10.8 Å². The Kier molecular flexibility index (Phi) is 7.45. The van der Waals surface area contributed by atoms with Crippen LogP contribution in [0.4, 0.5) is 11.4 Å². The topological polar surface area (TPSA) is 114 Å². The lowest BCUT2D eigenvalue weighted by atomic mass is 10.1. The van der Waals surface area contributed by atoms with E-state index in [-0.39, 0.29) is 23.8 Å². The lowest BCUT2D eigenvalue weighted by Crippen LogP contribution is -2.45. The number of nitrogens with one attached hydrogen (secondary N) is 3. The van der Waals surface area contributed by atoms with E-state index in [0.29, 0.717) is 26.9 Å². The number of carbonyl (C=O) groups is 1. The lowest BCUT2D eigenvalue weighted by molar-refractivity contribution is -0.384. The molecule has 1 heterocycles. The highest BCUT2D eigenvalue weighted by Gasteiger charge is 2.18. The van der Waals surface area contributed by atoms with Crippen molar-refractivity contribution in [2.75, 3.05) is 5.32 Å². The zero-order valence-corrected chi connectivity index (χ0v) is 20.3. The average Bonchev–Trinajstić information content (AvgIpc) is 3.16. The number of benzene rings is 3. The van der Waals surface area contributed by atoms with Gasteiger partial charge in [0.15, 0.2) is 5.11 Å². The number of non-ortho nitro benzene ring substituents is 1. The molecule has 178 valence electrons. The van der Waals surface area contributed by atoms with Crippen molar-refractivity contribution in [2.45, 2.75) is 13.0 Å². The number of fused-ring (bicyclic) bond motifs is 1. The Morgan fingerprint density at radius 2 is 1.83 bits per heavy atom. The Hall–Kier alpha value is -3.73. The molecule has 0 aliphatic heterocycles. The lowest BCUT2D eigenvalue weighted by Gasteiger charge is -2.13. The van der Waals surface area contributed by atoms with Crippen molar-refractivity contribution in [1.29, 1.82) is 0 Å². The van der Waals surface area contributed by atoms with Gasteiger partial charge in [-0.15, -0.1) is 0 Å². The van der Waals surface area contributed by atoms with E-state index in [2.05, 4.69) is 21.2 Å². The van der Waals surface area contributed by atoms with E-state index in [4.69, 9.17) is 35.4 Å². The number of anilines is 1. The van der Waals surface area contributed by atoms with Crippen LogP contribution in [0.3, 0.4) is 0 Å². The molecule has 9 nitrogen and oxygen atoms in total. The van der Waals surface area contributed by atoms with E-state index >= 15 is 0 Å². The van der Waals surface area contributed by atoms with Gasteiger partial charge < -0.3 is 9.88 Å². The average molecular weight is 529 g/mol. The number of carbonyl (C=O) groups excluding carboxylic acids is 1. The first-order valence-corrected chi connectivity index (χ1v) is 11.4. The fourth-order valence-electron chi connectivity index (χ4n) is 3.41. The van der Waals surface area contributed by atoms with Gasteiger partial charge in [0.25, 0.3) is 11.6 Å². The highest BCUT2D eigenvalue weighted by molar-refractivity contribution is 7.80. The summed E-state index contributed by atoms with van der Waals surface area (Å²) in [7, 11) is 0. The first kappa shape index (κ1) is 24.4. The minimum absolute atomic E-state index is 0.110. The number of rotatable bonds is 6. The van der Waals surface area contributed by atoms with Crippen molar-refractivity contribution in [3.05, 3.63) is 98.3 Å². The zero-order chi connectivity index (χ0) is 24.9. The minimum atomic E-state index is -0.498. The molecule has 3 aromatic carbocycles. The van der Waals surface area contributed by atoms with Crippen LogP contribution in [0.5, 0.6) is 0 Å². The van der Waals surface area contributed by atoms with Crippen LogP contribution in [0, 0.1) is 10.1 Å². The molecule has 0 aliphatic rings. The Bertz CT molecular complexity index is 1430. The molecule has 1 aromatic heterocycles. The van der Waals surface area contributed by atoms with Gasteiger partial charge in [-0.25, -0.2) is 4.98 Å². The quantitative estimate of drug-likeness (QED) is 0.186. The summed E-state index contributed by atoms with van der Waals surface area (Å²) >= 11 is 17.5. The van der Waals surface area contributed by atoms with E-state index in [1.165, 1.54) is 12.1 Å². The Labute approximate surface area is 215 Å². The molecule has 4 rings (SSSR count). The monoisotopic (exact) mass is 528 g/mol. The summed E-state index contributed by atoms with van der Waals surface area (Å²) in [5.74, 6) is 0.0707. The molecule has 3 N–H and O–H groups in total. The second-order valence-electron chi connectivity index (χ2n) is 7.45. The van der Waals surface area contributed by atoms with Crippen LogP contribution in [-0.2, 0) is 17.8 Å². The molecule has 35 heavy (non-hydrogen) atoms. The predicted octanol–water partition coefficient (Wildman–Crippen LogP) is 4.86. The van der Waals surface area contributed by atoms with Crippen molar-refractivity contribution >= 4 is 68.8 Å². The normalized spacial score (nSPS) is 10.7. The molecule has 0 radical (unpaired) electrons. The minimum Gasteiger partial charge on any atom is -0.331 e. The third kappa shape index (κ3) is 6.04. The SMILES string of the molecule is O=C(Cn1c(Cc2ccc(Cl)cc2Cl)nc2ccc([N+](=O)[O-])cc21)NNC(=S)Nc1ccccc1. The third-order valence-corrected chi connectivity index (χ3v) is 5.83. The number of halogens is 2. The number of aromatic nitrogens is 2. The maximum Gasteiger partial charge on any atom is 0.271 e. The maximum atomic E-state index is 12.8. The fourth-order valence-corrected chi connectivity index (χ4v) is 4.06. The van der Waals surface area contributed by atoms with Crippen LogP contribution in [0.2, 0.25) is 10.0 Å². The van der Waals surface area contributed by atoms with Gasteiger partial charge in [-0.3, -0.25) is 25.8 Å². The second-order valence-corrected chi connectivity index (χ2v) is 8.70. The summed E-state index contributed by atoms with van der Waals surface area (Å²) in [5, 5.41) is 15.4. The molecule has 0 bridgehead atoms. The highest BCUT2D eigenvalue weighted by Crippen LogP contribution is 2.27. The van der Waals surface area contributed by atoms with E-state index in [0.717, 1.165) is 11.3 Å². The van der Waals surface area contributed by atoms with Gasteiger partial charge in [0.2, 0.25) is 0 Å². The van der Waals surface area contributed by atoms with Crippen LogP contribution in [0.15, 0.2) is 66.7 Å². The second kappa shape index (κ2) is 10.7. The summed E-state index contributed by atoms with van der Waals surface area (Å²) in [6.45, 7) is -0.167. The number of nitrogens with zero attached hydrogens (tertiary/aromatic N) is 3. The van der Waals surface area contributed by atoms with Gasteiger partial charge in [0, 0.05) is 34.3 Å². The Morgan fingerprint density at radius 3 is 2.54 bits per heavy atom. The number of nitro groups is 1. The van der Waals surface area contributed by atoms with Crippen LogP contribution in [0.1, 0.15) is 11.4 Å². The molecular formula is C23H18Cl2N6O3S. The maximum absolute atomic E-state index is 12.8. The summed E-state index contributed by atoms with van der Waals surface area (Å²) in [4.78, 5) is 28.2. The molecular weight excluding hydrogens is 511 g/mol. The number of hydrogen-bond acceptors (Lipinski definition) is 5. The van der Waals surface area contributed by atoms with Crippen molar-refractivity contribution in [3.63, 3.8) is 0 Å². The predicted molar refractivity (Wildman–Crippen MR) is 140 cm³/mol. The number of imidazole rings is 1. The molecule has 0 unspecified atom stereocenters. The van der Waals surface area contributed by atoms with Crippen molar-refractivity contribution in [2.24, 2.45) is 0 Å². The van der Waals surface area contributed by atoms with Crippen LogP contribution < -0.4 is 16.2 Å². The number of para-hydroxylation sites is 1. The van der Waals surface area contributed by atoms with Gasteiger partial charge in [0.05, 0.1) is 16.0 Å². The van der Waals surface area contributed by atoms with E-state index in [1.54, 1.807) is 28.8 Å². The van der Waals surface area contributed by atoms with Crippen LogP contribution >= 0.6 is 35.4 Å². The molecule has 12 heteroatoms. The number of amides is 1. The van der Waals surface area contributed by atoms with Crippen LogP contribution in [0.25, 0.3) is 11.0 Å². The van der Waals surface area contributed by atoms with E-state index in [1.807, 2.05) is 30.3 Å². The van der Waals surface area contributed by atoms with Crippen molar-refractivity contribution in [3.8, 4) is 0 Å². The summed E-state index contributed by atoms with van der Waals surface area (Å²) < 4.78 is 1.61. The molecule has 0 atom stereocenters. The molecule has 0 aliphatic carbocycles. The molecule has 0 spiro atoms. The third-order valence-electron chi connectivity index (χ3n) is 5.03. The van der Waals surface area contributed by atoms with Gasteiger partial charge >= 0.3 is 0 Å². The molecule has 4 aromatic rings. The summed E-state index contributed by atoms with van der Waals surface area (Å²) in [6, 6.07) is 18.6. The number of thiocarbonyl (C=S) groups is 1. The summed E-state index contributed by atoms with van der Waals surface area (Å²) in [5.41, 5.74) is 7.53. The van der Waals surface area contributed by atoms with Crippen molar-refractivity contribution < 1.29 is 9.72 Å². The first-order valence-electron chi connectivity index (χ1n) is 10.3. The highest BCUT2D eigenvalue weighted by atomic mass is 35.5. The fraction of sp³-hybridized carbons (Fsp3) is 0.0870.